The summed E-state index contributed by atoms with van der Waals surface area (Å²) in [5, 5.41) is 8.92. The van der Waals surface area contributed by atoms with Crippen LogP contribution in [0.3, 0.4) is 0 Å². The van der Waals surface area contributed by atoms with Crippen LogP contribution in [0.1, 0.15) is 26.7 Å². The van der Waals surface area contributed by atoms with Gasteiger partial charge in [-0.15, -0.1) is 0 Å². The van der Waals surface area contributed by atoms with E-state index in [0.29, 0.717) is 0 Å². The predicted octanol–water partition coefficient (Wildman–Crippen LogP) is 1.35. The molecule has 78 valence electrons. The van der Waals surface area contributed by atoms with E-state index in [9.17, 15) is 13.6 Å². The molecule has 0 saturated carbocycles. The molecule has 1 unspecified atom stereocenters. The van der Waals surface area contributed by atoms with E-state index in [-0.39, 0.29) is 6.61 Å². The molecule has 5 heteroatoms. The molecule has 0 radical (unpaired) electrons. The number of ether oxygens (including phenoxy) is 1. The number of hydrogen-bond donors (Lipinski definition) is 1. The zero-order valence-corrected chi connectivity index (χ0v) is 7.72. The highest BCUT2D eigenvalue weighted by Gasteiger charge is 2.37. The van der Waals surface area contributed by atoms with Gasteiger partial charge in [0.25, 0.3) is 5.92 Å². The molecule has 1 N–H and O–H groups in total. The van der Waals surface area contributed by atoms with Gasteiger partial charge in [0.15, 0.2) is 0 Å². The van der Waals surface area contributed by atoms with Crippen molar-refractivity contribution < 1.29 is 23.4 Å². The van der Waals surface area contributed by atoms with Crippen molar-refractivity contribution >= 4 is 5.97 Å². The van der Waals surface area contributed by atoms with Crippen LogP contribution < -0.4 is 0 Å². The highest BCUT2D eigenvalue weighted by molar-refractivity contribution is 5.70. The van der Waals surface area contributed by atoms with E-state index in [4.69, 9.17) is 5.11 Å². The number of carbonyl (C=O) groups is 1. The van der Waals surface area contributed by atoms with Crippen LogP contribution in [0.4, 0.5) is 8.78 Å². The van der Waals surface area contributed by atoms with Crippen molar-refractivity contribution in [1.29, 1.82) is 0 Å². The normalized spacial score (nSPS) is 13.9. The fraction of sp³-hybridized carbons (Fsp3) is 0.875. The summed E-state index contributed by atoms with van der Waals surface area (Å²) in [4.78, 5) is 10.7. The van der Waals surface area contributed by atoms with Crippen molar-refractivity contribution in [3.05, 3.63) is 0 Å². The molecule has 0 heterocycles. The maximum Gasteiger partial charge on any atom is 0.308 e. The van der Waals surface area contributed by atoms with Crippen LogP contribution in [0, 0.1) is 0 Å². The van der Waals surface area contributed by atoms with Crippen molar-refractivity contribution in [2.24, 2.45) is 0 Å². The number of halogens is 2. The van der Waals surface area contributed by atoms with E-state index in [1.165, 1.54) is 6.92 Å². The average Bonchev–Trinajstić information content (AvgIpc) is 2.04. The lowest BCUT2D eigenvalue weighted by molar-refractivity contribution is -0.156. The topological polar surface area (TPSA) is 46.5 Å². The minimum Gasteiger partial charge on any atom is -0.466 e. The lowest BCUT2D eigenvalue weighted by Crippen LogP contribution is -2.35. The van der Waals surface area contributed by atoms with Crippen LogP contribution >= 0.6 is 0 Å². The first-order valence-corrected chi connectivity index (χ1v) is 4.15. The van der Waals surface area contributed by atoms with Gasteiger partial charge in [0.05, 0.1) is 13.0 Å². The summed E-state index contributed by atoms with van der Waals surface area (Å²) in [6, 6.07) is 0. The van der Waals surface area contributed by atoms with Gasteiger partial charge in [0.1, 0.15) is 6.10 Å². The van der Waals surface area contributed by atoms with Crippen LogP contribution in [0.5, 0.6) is 0 Å². The highest BCUT2D eigenvalue weighted by Crippen LogP contribution is 2.24. The van der Waals surface area contributed by atoms with Gasteiger partial charge in [0, 0.05) is 6.42 Å². The molecule has 0 aliphatic rings. The van der Waals surface area contributed by atoms with Crippen molar-refractivity contribution in [2.75, 3.05) is 6.61 Å². The number of alkyl halides is 2. The molecule has 0 spiro atoms. The first kappa shape index (κ1) is 12.3. The smallest absolute Gasteiger partial charge is 0.308 e. The Hall–Kier alpha value is -0.710. The summed E-state index contributed by atoms with van der Waals surface area (Å²) in [6.45, 7) is 2.94. The molecule has 0 aromatic heterocycles. The average molecular weight is 196 g/mol. The minimum absolute atomic E-state index is 0.128. The fourth-order valence-electron chi connectivity index (χ4n) is 0.763. The Morgan fingerprint density at radius 1 is 1.54 bits per heavy atom. The monoisotopic (exact) mass is 196 g/mol. The number of hydrogen-bond acceptors (Lipinski definition) is 3. The number of aliphatic hydroxyl groups is 1. The second-order valence-corrected chi connectivity index (χ2v) is 2.64. The summed E-state index contributed by atoms with van der Waals surface area (Å²) in [6.07, 6.45) is -3.10. The third-order valence-corrected chi connectivity index (χ3v) is 1.62. The summed E-state index contributed by atoms with van der Waals surface area (Å²) < 4.78 is 29.8. The molecule has 0 aromatic rings. The second kappa shape index (κ2) is 5.11. The Morgan fingerprint density at radius 2 is 2.08 bits per heavy atom. The maximum absolute atomic E-state index is 12.7. The van der Waals surface area contributed by atoms with E-state index in [0.717, 1.165) is 0 Å². The Morgan fingerprint density at radius 3 is 2.46 bits per heavy atom. The van der Waals surface area contributed by atoms with E-state index >= 15 is 0 Å². The van der Waals surface area contributed by atoms with E-state index < -0.39 is 30.8 Å². The van der Waals surface area contributed by atoms with Crippen molar-refractivity contribution in [3.8, 4) is 0 Å². The highest BCUT2D eigenvalue weighted by atomic mass is 19.3. The van der Waals surface area contributed by atoms with Gasteiger partial charge in [0.2, 0.25) is 0 Å². The first-order chi connectivity index (χ1) is 5.94. The standard InChI is InChI=1S/C8H14F2O3/c1-3-8(9,10)6(11)5-7(12)13-4-2/h6,11H,3-5H2,1-2H3. The lowest BCUT2D eigenvalue weighted by Gasteiger charge is -2.19. The zero-order chi connectivity index (χ0) is 10.5. The largest absolute Gasteiger partial charge is 0.466 e. The van der Waals surface area contributed by atoms with Gasteiger partial charge >= 0.3 is 5.97 Å². The Labute approximate surface area is 75.7 Å². The fourth-order valence-corrected chi connectivity index (χ4v) is 0.763. The molecule has 0 aromatic carbocycles. The van der Waals surface area contributed by atoms with Crippen LogP contribution in [-0.2, 0) is 9.53 Å². The molecular weight excluding hydrogens is 182 g/mol. The molecule has 0 saturated heterocycles. The van der Waals surface area contributed by atoms with E-state index in [1.807, 2.05) is 0 Å². The minimum atomic E-state index is -3.22. The molecule has 0 bridgehead atoms. The predicted molar refractivity (Wildman–Crippen MR) is 42.5 cm³/mol. The first-order valence-electron chi connectivity index (χ1n) is 4.15. The second-order valence-electron chi connectivity index (χ2n) is 2.64. The zero-order valence-electron chi connectivity index (χ0n) is 7.72. The molecule has 0 amide bonds. The molecule has 1 atom stereocenters. The number of esters is 1. The summed E-state index contributed by atoms with van der Waals surface area (Å²) in [7, 11) is 0. The van der Waals surface area contributed by atoms with Crippen LogP contribution in [0.15, 0.2) is 0 Å². The molecule has 0 fully saturated rings. The third kappa shape index (κ3) is 4.17. The molecule has 0 aliphatic carbocycles. The van der Waals surface area contributed by atoms with Gasteiger partial charge in [-0.1, -0.05) is 6.92 Å². The van der Waals surface area contributed by atoms with E-state index in [2.05, 4.69) is 4.74 Å². The van der Waals surface area contributed by atoms with E-state index in [1.54, 1.807) is 6.92 Å². The van der Waals surface area contributed by atoms with Gasteiger partial charge in [-0.3, -0.25) is 4.79 Å². The molecule has 13 heavy (non-hydrogen) atoms. The third-order valence-electron chi connectivity index (χ3n) is 1.62. The summed E-state index contributed by atoms with van der Waals surface area (Å²) in [5.41, 5.74) is 0. The Bertz CT molecular complexity index is 171. The van der Waals surface area contributed by atoms with Gasteiger partial charge in [-0.2, -0.15) is 0 Å². The maximum atomic E-state index is 12.7. The quantitative estimate of drug-likeness (QED) is 0.675. The van der Waals surface area contributed by atoms with Crippen molar-refractivity contribution in [1.82, 2.24) is 0 Å². The van der Waals surface area contributed by atoms with Crippen LogP contribution in [0.25, 0.3) is 0 Å². The summed E-state index contributed by atoms with van der Waals surface area (Å²) >= 11 is 0. The number of aliphatic hydroxyl groups excluding tert-OH is 1. The van der Waals surface area contributed by atoms with Crippen molar-refractivity contribution in [2.45, 2.75) is 38.7 Å². The van der Waals surface area contributed by atoms with Crippen LogP contribution in [-0.4, -0.2) is 29.7 Å². The van der Waals surface area contributed by atoms with Gasteiger partial charge in [-0.05, 0) is 6.92 Å². The molecular formula is C8H14F2O3. The van der Waals surface area contributed by atoms with Crippen molar-refractivity contribution in [3.63, 3.8) is 0 Å². The molecule has 0 aliphatic heterocycles. The Balaban J connectivity index is 3.99. The van der Waals surface area contributed by atoms with Gasteiger partial charge < -0.3 is 9.84 Å². The number of rotatable bonds is 5. The van der Waals surface area contributed by atoms with Crippen LogP contribution in [0.2, 0.25) is 0 Å². The lowest BCUT2D eigenvalue weighted by atomic mass is 10.1. The number of carbonyl (C=O) groups excluding carboxylic acids is 1. The molecule has 0 rings (SSSR count). The molecule has 3 nitrogen and oxygen atoms in total. The SMILES string of the molecule is CCOC(=O)CC(O)C(F)(F)CC. The Kier molecular flexibility index (Phi) is 4.83. The van der Waals surface area contributed by atoms with Gasteiger partial charge in [-0.25, -0.2) is 8.78 Å². The summed E-state index contributed by atoms with van der Waals surface area (Å²) in [5.74, 6) is -4.02.